The molecule has 5 nitrogen and oxygen atoms in total. The first-order valence-electron chi connectivity index (χ1n) is 8.81. The van der Waals surface area contributed by atoms with Crippen molar-refractivity contribution >= 4 is 22.1 Å². The number of rotatable bonds is 12. The summed E-state index contributed by atoms with van der Waals surface area (Å²) >= 11 is 3.45. The summed E-state index contributed by atoms with van der Waals surface area (Å²) < 4.78 is 35.9. The summed E-state index contributed by atoms with van der Waals surface area (Å²) in [4.78, 5) is -0.402. The number of benzene rings is 2. The van der Waals surface area contributed by atoms with Crippen molar-refractivity contribution in [1.82, 2.24) is 0 Å². The van der Waals surface area contributed by atoms with Crippen molar-refractivity contribution in [3.8, 4) is 11.5 Å². The molecule has 0 spiro atoms. The molecule has 0 heterocycles. The summed E-state index contributed by atoms with van der Waals surface area (Å²) in [5.74, 6) is 1.52. The van der Waals surface area contributed by atoms with E-state index in [0.29, 0.717) is 6.61 Å². The molecule has 0 unspecified atom stereocenters. The maximum absolute atomic E-state index is 14.2. The van der Waals surface area contributed by atoms with Gasteiger partial charge >= 0.3 is 0 Å². The average molecular weight is 454 g/mol. The minimum atomic E-state index is -1.53. The maximum Gasteiger partial charge on any atom is 0.162 e. The van der Waals surface area contributed by atoms with Gasteiger partial charge in [0, 0.05) is 6.21 Å². The van der Waals surface area contributed by atoms with Gasteiger partial charge in [0.15, 0.2) is 6.17 Å². The Labute approximate surface area is 173 Å². The molecule has 0 fully saturated rings. The lowest BCUT2D eigenvalue weighted by molar-refractivity contribution is -0.00986. The molecule has 152 valence electrons. The number of alkyl halides is 2. The minimum absolute atomic E-state index is 0.226. The first-order chi connectivity index (χ1) is 13.6. The molecule has 2 aromatic carbocycles. The molecule has 1 N–H and O–H groups in total. The van der Waals surface area contributed by atoms with E-state index in [2.05, 4.69) is 15.9 Å². The second kappa shape index (κ2) is 11.8. The zero-order valence-corrected chi connectivity index (χ0v) is 17.5. The second-order valence-electron chi connectivity index (χ2n) is 6.11. The summed E-state index contributed by atoms with van der Waals surface area (Å²) in [6.45, 7) is 0.857. The van der Waals surface area contributed by atoms with Crippen LogP contribution in [0, 0.1) is 5.41 Å². The minimum Gasteiger partial charge on any atom is -0.497 e. The van der Waals surface area contributed by atoms with Gasteiger partial charge in [-0.1, -0.05) is 40.2 Å². The Morgan fingerprint density at radius 2 is 1.43 bits per heavy atom. The maximum atomic E-state index is 14.2. The highest BCUT2D eigenvalue weighted by Gasteiger charge is 2.28. The number of hydrogen-bond acceptors (Lipinski definition) is 5. The Hall–Kier alpha value is -1.96. The number of halogens is 2. The predicted octanol–water partition coefficient (Wildman–Crippen LogP) is 4.56. The first-order valence-corrected chi connectivity index (χ1v) is 9.73. The molecule has 0 aliphatic heterocycles. The van der Waals surface area contributed by atoms with Crippen LogP contribution < -0.4 is 9.47 Å². The largest absolute Gasteiger partial charge is 0.497 e. The SMILES string of the molecule is COc1ccc(COC[C@H](Br)[C@@H](OCc2ccc(OC)cc2)[C@H](F)C=N)cc1. The highest BCUT2D eigenvalue weighted by molar-refractivity contribution is 9.09. The topological polar surface area (TPSA) is 60.8 Å². The third kappa shape index (κ3) is 6.89. The van der Waals surface area contributed by atoms with E-state index in [4.69, 9.17) is 24.4 Å². The molecular formula is C21H25BrFNO4. The Morgan fingerprint density at radius 3 is 1.89 bits per heavy atom. The smallest absolute Gasteiger partial charge is 0.162 e. The molecule has 0 bridgehead atoms. The van der Waals surface area contributed by atoms with E-state index in [1.807, 2.05) is 48.5 Å². The summed E-state index contributed by atoms with van der Waals surface area (Å²) in [6, 6.07) is 14.9. The van der Waals surface area contributed by atoms with E-state index in [9.17, 15) is 4.39 Å². The van der Waals surface area contributed by atoms with Crippen LogP contribution in [0.15, 0.2) is 48.5 Å². The van der Waals surface area contributed by atoms with E-state index >= 15 is 0 Å². The van der Waals surface area contributed by atoms with Crippen LogP contribution in [0.25, 0.3) is 0 Å². The van der Waals surface area contributed by atoms with Gasteiger partial charge in [-0.3, -0.25) is 0 Å². The lowest BCUT2D eigenvalue weighted by Crippen LogP contribution is -2.37. The van der Waals surface area contributed by atoms with E-state index < -0.39 is 17.1 Å². The molecule has 0 saturated carbocycles. The van der Waals surface area contributed by atoms with Crippen LogP contribution in [0.4, 0.5) is 4.39 Å². The molecule has 28 heavy (non-hydrogen) atoms. The van der Waals surface area contributed by atoms with Gasteiger partial charge in [-0.15, -0.1) is 0 Å². The van der Waals surface area contributed by atoms with Gasteiger partial charge in [0.1, 0.15) is 17.6 Å². The van der Waals surface area contributed by atoms with Crippen LogP contribution in [0.1, 0.15) is 11.1 Å². The van der Waals surface area contributed by atoms with Gasteiger partial charge < -0.3 is 24.4 Å². The van der Waals surface area contributed by atoms with Gasteiger partial charge in [-0.2, -0.15) is 0 Å². The standard InChI is InChI=1S/C21H25BrFNO4/c1-25-17-7-3-15(4-8-17)12-27-14-19(22)21(20(23)11-24)28-13-16-5-9-18(26-2)10-6-16/h3-11,19-21,24H,12-14H2,1-2H3/t19-,20+,21+/m0/s1. The van der Waals surface area contributed by atoms with Crippen LogP contribution in [0.3, 0.4) is 0 Å². The van der Waals surface area contributed by atoms with Gasteiger partial charge in [0.05, 0.1) is 38.9 Å². The van der Waals surface area contributed by atoms with E-state index in [0.717, 1.165) is 28.8 Å². The second-order valence-corrected chi connectivity index (χ2v) is 7.29. The van der Waals surface area contributed by atoms with Crippen molar-refractivity contribution in [1.29, 1.82) is 5.41 Å². The fraction of sp³-hybridized carbons (Fsp3) is 0.381. The molecular weight excluding hydrogens is 429 g/mol. The number of methoxy groups -OCH3 is 2. The van der Waals surface area contributed by atoms with Gasteiger partial charge in [0.2, 0.25) is 0 Å². The Kier molecular flexibility index (Phi) is 9.40. The van der Waals surface area contributed by atoms with E-state index in [1.54, 1.807) is 14.2 Å². The molecule has 0 aromatic heterocycles. The average Bonchev–Trinajstić information content (AvgIpc) is 2.74. The molecule has 3 atom stereocenters. The number of hydrogen-bond donors (Lipinski definition) is 1. The van der Waals surface area contributed by atoms with Gasteiger partial charge in [0.25, 0.3) is 0 Å². The van der Waals surface area contributed by atoms with Crippen molar-refractivity contribution in [3.63, 3.8) is 0 Å². The zero-order valence-electron chi connectivity index (χ0n) is 15.9. The van der Waals surface area contributed by atoms with E-state index in [1.165, 1.54) is 0 Å². The highest BCUT2D eigenvalue weighted by atomic mass is 79.9. The van der Waals surface area contributed by atoms with Gasteiger partial charge in [-0.05, 0) is 35.4 Å². The molecule has 2 aromatic rings. The van der Waals surface area contributed by atoms with Crippen LogP contribution in [0.2, 0.25) is 0 Å². The summed E-state index contributed by atoms with van der Waals surface area (Å²) in [5, 5.41) is 7.25. The van der Waals surface area contributed by atoms with E-state index in [-0.39, 0.29) is 13.2 Å². The highest BCUT2D eigenvalue weighted by Crippen LogP contribution is 2.20. The van der Waals surface area contributed by atoms with Crippen molar-refractivity contribution in [2.75, 3.05) is 20.8 Å². The Bertz CT molecular complexity index is 711. The summed E-state index contributed by atoms with van der Waals surface area (Å²) in [6.07, 6.45) is -1.63. The van der Waals surface area contributed by atoms with Crippen LogP contribution in [0.5, 0.6) is 11.5 Å². The third-order valence-electron chi connectivity index (χ3n) is 4.14. The molecule has 2 rings (SSSR count). The zero-order chi connectivity index (χ0) is 20.4. The lowest BCUT2D eigenvalue weighted by atomic mass is 10.1. The summed E-state index contributed by atoms with van der Waals surface area (Å²) in [5.41, 5.74) is 1.88. The third-order valence-corrected chi connectivity index (χ3v) is 4.92. The molecule has 0 amide bonds. The van der Waals surface area contributed by atoms with Crippen molar-refractivity contribution < 1.29 is 23.3 Å². The molecule has 0 aliphatic carbocycles. The fourth-order valence-corrected chi connectivity index (χ4v) is 3.14. The predicted molar refractivity (Wildman–Crippen MR) is 111 cm³/mol. The van der Waals surface area contributed by atoms with Crippen molar-refractivity contribution in [3.05, 3.63) is 59.7 Å². The lowest BCUT2D eigenvalue weighted by Gasteiger charge is -2.24. The number of nitrogens with one attached hydrogen (secondary N) is 1. The van der Waals surface area contributed by atoms with Crippen LogP contribution >= 0.6 is 15.9 Å². The molecule has 0 radical (unpaired) electrons. The van der Waals surface area contributed by atoms with Crippen molar-refractivity contribution in [2.24, 2.45) is 0 Å². The normalized spacial score (nSPS) is 14.1. The van der Waals surface area contributed by atoms with Crippen molar-refractivity contribution in [2.45, 2.75) is 30.3 Å². The van der Waals surface area contributed by atoms with Gasteiger partial charge in [-0.25, -0.2) is 4.39 Å². The van der Waals surface area contributed by atoms with Crippen LogP contribution in [-0.4, -0.2) is 44.1 Å². The fourth-order valence-electron chi connectivity index (χ4n) is 2.51. The molecule has 0 saturated heterocycles. The summed E-state index contributed by atoms with van der Waals surface area (Å²) in [7, 11) is 3.21. The Balaban J connectivity index is 1.86. The number of ether oxygens (including phenoxy) is 4. The monoisotopic (exact) mass is 453 g/mol. The molecule has 0 aliphatic rings. The Morgan fingerprint density at radius 1 is 0.929 bits per heavy atom. The first kappa shape index (κ1) is 22.3. The quantitative estimate of drug-likeness (QED) is 0.378. The van der Waals surface area contributed by atoms with Crippen LogP contribution in [-0.2, 0) is 22.7 Å². The molecule has 7 heteroatoms.